The summed E-state index contributed by atoms with van der Waals surface area (Å²) in [5.41, 5.74) is 4.85. The van der Waals surface area contributed by atoms with Gasteiger partial charge in [0.05, 0.1) is 34.0 Å². The third-order valence-corrected chi connectivity index (χ3v) is 7.79. The zero-order valence-electron chi connectivity index (χ0n) is 21.2. The fourth-order valence-corrected chi connectivity index (χ4v) is 6.11. The van der Waals surface area contributed by atoms with Crippen molar-refractivity contribution < 1.29 is 28.4 Å². The van der Waals surface area contributed by atoms with Gasteiger partial charge in [-0.2, -0.15) is 0 Å². The van der Waals surface area contributed by atoms with E-state index in [9.17, 15) is 0 Å². The van der Waals surface area contributed by atoms with Gasteiger partial charge in [-0.3, -0.25) is 0 Å². The van der Waals surface area contributed by atoms with Crippen LogP contribution in [-0.4, -0.2) is 44.7 Å². The second-order valence-corrected chi connectivity index (χ2v) is 9.97. The van der Waals surface area contributed by atoms with Crippen LogP contribution in [0.2, 0.25) is 5.02 Å². The van der Waals surface area contributed by atoms with Gasteiger partial charge in [-0.25, -0.2) is 0 Å². The number of hydrogen-bond acceptors (Lipinski definition) is 7. The van der Waals surface area contributed by atoms with E-state index in [0.29, 0.717) is 52.0 Å². The topological polar surface area (TPSA) is 70.7 Å². The summed E-state index contributed by atoms with van der Waals surface area (Å²) in [6.45, 7) is 1.19. The summed E-state index contributed by atoms with van der Waals surface area (Å²) in [7, 11) is 4.92. The molecule has 0 spiro atoms. The Balaban J connectivity index is 1.48. The van der Waals surface area contributed by atoms with Crippen LogP contribution in [0.4, 0.5) is 5.69 Å². The van der Waals surface area contributed by atoms with E-state index >= 15 is 0 Å². The molecule has 10 heteroatoms. The average molecular weight is 555 g/mol. The van der Waals surface area contributed by atoms with E-state index in [0.717, 1.165) is 34.4 Å². The number of fused-ring (bicyclic) bond motifs is 3. The van der Waals surface area contributed by atoms with Crippen molar-refractivity contribution in [3.05, 3.63) is 69.7 Å². The first-order chi connectivity index (χ1) is 18.5. The minimum Gasteiger partial charge on any atom is -0.493 e. The number of nitrogens with zero attached hydrogens (tertiary/aromatic N) is 1. The van der Waals surface area contributed by atoms with E-state index in [1.165, 1.54) is 0 Å². The zero-order chi connectivity index (χ0) is 26.4. The second kappa shape index (κ2) is 10.1. The number of thiocarbonyl (C=S) groups is 1. The highest BCUT2D eigenvalue weighted by atomic mass is 35.5. The molecule has 2 atom stereocenters. The van der Waals surface area contributed by atoms with E-state index in [4.69, 9.17) is 52.2 Å². The first-order valence-corrected chi connectivity index (χ1v) is 13.0. The molecule has 8 nitrogen and oxygen atoms in total. The van der Waals surface area contributed by atoms with Gasteiger partial charge in [-0.1, -0.05) is 23.7 Å². The summed E-state index contributed by atoms with van der Waals surface area (Å²) < 4.78 is 35.3. The number of nitrogens with one attached hydrogen (secondary N) is 1. The Bertz CT molecular complexity index is 1420. The molecule has 0 unspecified atom stereocenters. The molecule has 38 heavy (non-hydrogen) atoms. The molecule has 3 heterocycles. The molecule has 3 aromatic rings. The quantitative estimate of drug-likeness (QED) is 0.402. The number of ether oxygens (including phenoxy) is 6. The van der Waals surface area contributed by atoms with Crippen LogP contribution in [0.15, 0.2) is 42.5 Å². The lowest BCUT2D eigenvalue weighted by atomic mass is 9.85. The Morgan fingerprint density at radius 2 is 1.89 bits per heavy atom. The van der Waals surface area contributed by atoms with Gasteiger partial charge in [-0.15, -0.1) is 0 Å². The highest BCUT2D eigenvalue weighted by Crippen LogP contribution is 2.55. The standard InChI is InChI=1S/C28H27ClN2O6S/c1-32-20-8-7-18-19(24(20)33-2)13-35-25(18)23-22-15(11-21-26(27(22)34-3)37-14-36-21)9-10-31(23)28(38)30-17-6-4-5-16(29)12-17/h4-8,11-12,23,25H,9-10,13-14H2,1-3H3,(H,30,38)/t23-,25+/m1/s1. The SMILES string of the molecule is COc1ccc2c(c1OC)CO[C@@H]2[C@H]1c2c(cc3c(c2OC)OCO3)CCN1C(=S)Nc1cccc(Cl)c1. The molecule has 3 aromatic carbocycles. The molecule has 3 aliphatic heterocycles. The molecule has 1 N–H and O–H groups in total. The van der Waals surface area contributed by atoms with Gasteiger partial charge in [0.2, 0.25) is 12.5 Å². The number of methoxy groups -OCH3 is 3. The van der Waals surface area contributed by atoms with E-state index < -0.39 is 0 Å². The molecule has 0 radical (unpaired) electrons. The number of rotatable bonds is 5. The Kier molecular flexibility index (Phi) is 6.59. The van der Waals surface area contributed by atoms with Crippen molar-refractivity contribution in [3.8, 4) is 28.7 Å². The fourth-order valence-electron chi connectivity index (χ4n) is 5.60. The maximum absolute atomic E-state index is 6.52. The third kappa shape index (κ3) is 4.05. The molecule has 0 saturated carbocycles. The number of anilines is 1. The predicted octanol–water partition coefficient (Wildman–Crippen LogP) is 5.66. The van der Waals surface area contributed by atoms with Crippen molar-refractivity contribution in [3.63, 3.8) is 0 Å². The summed E-state index contributed by atoms with van der Waals surface area (Å²) in [4.78, 5) is 2.15. The van der Waals surface area contributed by atoms with Crippen LogP contribution >= 0.6 is 23.8 Å². The molecule has 0 bridgehead atoms. The Hall–Kier alpha value is -3.40. The predicted molar refractivity (Wildman–Crippen MR) is 147 cm³/mol. The van der Waals surface area contributed by atoms with Crippen LogP contribution in [0.25, 0.3) is 0 Å². The second-order valence-electron chi connectivity index (χ2n) is 9.15. The van der Waals surface area contributed by atoms with E-state index in [1.54, 1.807) is 21.3 Å². The normalized spacial score (nSPS) is 19.0. The molecule has 6 rings (SSSR count). The highest BCUT2D eigenvalue weighted by Gasteiger charge is 2.44. The first kappa shape index (κ1) is 24.9. The number of halogens is 1. The van der Waals surface area contributed by atoms with E-state index in [2.05, 4.69) is 10.2 Å². The van der Waals surface area contributed by atoms with Gasteiger partial charge in [0.15, 0.2) is 28.1 Å². The molecule has 0 saturated heterocycles. The maximum Gasteiger partial charge on any atom is 0.231 e. The van der Waals surface area contributed by atoms with Crippen molar-refractivity contribution in [1.29, 1.82) is 0 Å². The minimum absolute atomic E-state index is 0.150. The highest BCUT2D eigenvalue weighted by molar-refractivity contribution is 7.80. The first-order valence-electron chi connectivity index (χ1n) is 12.2. The lowest BCUT2D eigenvalue weighted by Gasteiger charge is -2.42. The summed E-state index contributed by atoms with van der Waals surface area (Å²) in [6.07, 6.45) is 0.374. The number of hydrogen-bond donors (Lipinski definition) is 1. The average Bonchev–Trinajstić information content (AvgIpc) is 3.57. The maximum atomic E-state index is 6.52. The van der Waals surface area contributed by atoms with Crippen molar-refractivity contribution in [2.24, 2.45) is 0 Å². The molecule has 0 fully saturated rings. The van der Waals surface area contributed by atoms with E-state index in [-0.39, 0.29) is 18.9 Å². The Morgan fingerprint density at radius 3 is 2.66 bits per heavy atom. The molecular formula is C28H27ClN2O6S. The van der Waals surface area contributed by atoms with Crippen molar-refractivity contribution in [1.82, 2.24) is 4.90 Å². The number of benzene rings is 3. The third-order valence-electron chi connectivity index (χ3n) is 7.22. The van der Waals surface area contributed by atoms with Crippen LogP contribution < -0.4 is 29.0 Å². The van der Waals surface area contributed by atoms with Gasteiger partial charge >= 0.3 is 0 Å². The molecule has 0 aliphatic carbocycles. The minimum atomic E-state index is -0.364. The monoisotopic (exact) mass is 554 g/mol. The summed E-state index contributed by atoms with van der Waals surface area (Å²) in [5.74, 6) is 3.25. The van der Waals surface area contributed by atoms with Gasteiger partial charge in [0, 0.05) is 28.4 Å². The Morgan fingerprint density at radius 1 is 1.05 bits per heavy atom. The lowest BCUT2D eigenvalue weighted by Crippen LogP contribution is -2.44. The van der Waals surface area contributed by atoms with Crippen molar-refractivity contribution >= 4 is 34.6 Å². The van der Waals surface area contributed by atoms with Crippen LogP contribution in [0, 0.1) is 0 Å². The molecule has 0 aromatic heterocycles. The van der Waals surface area contributed by atoms with Crippen LogP contribution in [0.1, 0.15) is 34.4 Å². The molecule has 3 aliphatic rings. The van der Waals surface area contributed by atoms with Gasteiger partial charge in [0.1, 0.15) is 6.10 Å². The Labute approximate surface area is 231 Å². The van der Waals surface area contributed by atoms with E-state index in [1.807, 2.05) is 42.5 Å². The van der Waals surface area contributed by atoms with Gasteiger partial charge in [0.25, 0.3) is 0 Å². The lowest BCUT2D eigenvalue weighted by molar-refractivity contribution is 0.00837. The summed E-state index contributed by atoms with van der Waals surface area (Å²) in [5, 5.41) is 4.55. The smallest absolute Gasteiger partial charge is 0.231 e. The summed E-state index contributed by atoms with van der Waals surface area (Å²) in [6, 6.07) is 13.2. The molecule has 198 valence electrons. The molecule has 0 amide bonds. The zero-order valence-corrected chi connectivity index (χ0v) is 22.8. The largest absolute Gasteiger partial charge is 0.493 e. The fraction of sp³-hybridized carbons (Fsp3) is 0.321. The van der Waals surface area contributed by atoms with Crippen LogP contribution in [-0.2, 0) is 17.8 Å². The van der Waals surface area contributed by atoms with Gasteiger partial charge in [-0.05, 0) is 60.1 Å². The van der Waals surface area contributed by atoms with Crippen LogP contribution in [0.3, 0.4) is 0 Å². The van der Waals surface area contributed by atoms with Crippen molar-refractivity contribution in [2.75, 3.05) is 40.0 Å². The summed E-state index contributed by atoms with van der Waals surface area (Å²) >= 11 is 12.2. The van der Waals surface area contributed by atoms with Crippen molar-refractivity contribution in [2.45, 2.75) is 25.2 Å². The van der Waals surface area contributed by atoms with Crippen LogP contribution in [0.5, 0.6) is 28.7 Å². The van der Waals surface area contributed by atoms with Gasteiger partial charge < -0.3 is 38.6 Å². The molecular weight excluding hydrogens is 528 g/mol.